The molecule has 118 valence electrons. The van der Waals surface area contributed by atoms with E-state index in [0.717, 1.165) is 30.3 Å². The fourth-order valence-electron chi connectivity index (χ4n) is 2.20. The number of hydrogen-bond donors (Lipinski definition) is 2. The Labute approximate surface area is 132 Å². The maximum Gasteiger partial charge on any atom is 0.229 e. The summed E-state index contributed by atoms with van der Waals surface area (Å²) in [5.41, 5.74) is 4.41. The first-order chi connectivity index (χ1) is 10.4. The van der Waals surface area contributed by atoms with Crippen molar-refractivity contribution in [2.75, 3.05) is 37.8 Å². The van der Waals surface area contributed by atoms with E-state index in [4.69, 9.17) is 0 Å². The van der Waals surface area contributed by atoms with Gasteiger partial charge in [0, 0.05) is 30.5 Å². The Morgan fingerprint density at radius 3 is 2.50 bits per heavy atom. The van der Waals surface area contributed by atoms with Crippen LogP contribution in [0.15, 0.2) is 24.3 Å². The standard InChI is InChI=1S/C17H25N5/c1-12-6-7-15(13(2)10-12)20-17-19-14(3)11-16(21-17)18-8-9-22(4)5/h6-7,10-11H,8-9H2,1-5H3,(H2,18,19,20,21). The molecule has 0 aliphatic carbocycles. The molecule has 1 heterocycles. The topological polar surface area (TPSA) is 53.1 Å². The fourth-order valence-corrected chi connectivity index (χ4v) is 2.20. The first-order valence-electron chi connectivity index (χ1n) is 7.52. The van der Waals surface area contributed by atoms with Crippen molar-refractivity contribution >= 4 is 17.5 Å². The maximum absolute atomic E-state index is 4.54. The van der Waals surface area contributed by atoms with Crippen molar-refractivity contribution < 1.29 is 0 Å². The maximum atomic E-state index is 4.54. The lowest BCUT2D eigenvalue weighted by Gasteiger charge is -2.13. The molecule has 0 fully saturated rings. The molecule has 0 saturated carbocycles. The van der Waals surface area contributed by atoms with E-state index in [0.29, 0.717) is 5.95 Å². The van der Waals surface area contributed by atoms with E-state index < -0.39 is 0 Å². The van der Waals surface area contributed by atoms with Crippen molar-refractivity contribution in [2.45, 2.75) is 20.8 Å². The summed E-state index contributed by atoms with van der Waals surface area (Å²) in [4.78, 5) is 11.1. The van der Waals surface area contributed by atoms with E-state index in [9.17, 15) is 0 Å². The average Bonchev–Trinajstić information content (AvgIpc) is 2.41. The third-order valence-electron chi connectivity index (χ3n) is 3.35. The monoisotopic (exact) mass is 299 g/mol. The molecule has 0 aliphatic rings. The summed E-state index contributed by atoms with van der Waals surface area (Å²) in [5, 5.41) is 6.64. The molecule has 0 spiro atoms. The van der Waals surface area contributed by atoms with Gasteiger partial charge < -0.3 is 15.5 Å². The van der Waals surface area contributed by atoms with Gasteiger partial charge in [0.05, 0.1) is 0 Å². The lowest BCUT2D eigenvalue weighted by molar-refractivity contribution is 0.425. The second-order valence-electron chi connectivity index (χ2n) is 5.89. The summed E-state index contributed by atoms with van der Waals surface area (Å²) < 4.78 is 0. The number of aryl methyl sites for hydroxylation is 3. The van der Waals surface area contributed by atoms with Crippen LogP contribution >= 0.6 is 0 Å². The number of nitrogens with one attached hydrogen (secondary N) is 2. The van der Waals surface area contributed by atoms with Crippen LogP contribution in [-0.2, 0) is 0 Å². The molecule has 2 N–H and O–H groups in total. The van der Waals surface area contributed by atoms with Crippen LogP contribution in [0.1, 0.15) is 16.8 Å². The highest BCUT2D eigenvalue weighted by molar-refractivity contribution is 5.60. The molecular weight excluding hydrogens is 274 g/mol. The Hall–Kier alpha value is -2.14. The molecule has 0 atom stereocenters. The number of likely N-dealkylation sites (N-methyl/N-ethyl adjacent to an activating group) is 1. The highest BCUT2D eigenvalue weighted by Crippen LogP contribution is 2.20. The molecule has 0 unspecified atom stereocenters. The van der Waals surface area contributed by atoms with Crippen molar-refractivity contribution in [1.82, 2.24) is 14.9 Å². The molecule has 22 heavy (non-hydrogen) atoms. The fraction of sp³-hybridized carbons (Fsp3) is 0.412. The van der Waals surface area contributed by atoms with Gasteiger partial charge in [-0.3, -0.25) is 0 Å². The molecule has 0 aliphatic heterocycles. The Bertz CT molecular complexity index is 637. The minimum atomic E-state index is 0.624. The lowest BCUT2D eigenvalue weighted by atomic mass is 10.1. The normalized spacial score (nSPS) is 10.8. The molecule has 1 aromatic carbocycles. The van der Waals surface area contributed by atoms with Gasteiger partial charge in [-0.25, -0.2) is 4.98 Å². The van der Waals surface area contributed by atoms with Gasteiger partial charge in [0.15, 0.2) is 0 Å². The van der Waals surface area contributed by atoms with Gasteiger partial charge in [0.2, 0.25) is 5.95 Å². The number of nitrogens with zero attached hydrogens (tertiary/aromatic N) is 3. The smallest absolute Gasteiger partial charge is 0.229 e. The van der Waals surface area contributed by atoms with Gasteiger partial charge in [-0.05, 0) is 46.5 Å². The zero-order chi connectivity index (χ0) is 16.1. The summed E-state index contributed by atoms with van der Waals surface area (Å²) in [6, 6.07) is 8.26. The van der Waals surface area contributed by atoms with Gasteiger partial charge in [0.25, 0.3) is 0 Å². The van der Waals surface area contributed by atoms with Gasteiger partial charge in [-0.15, -0.1) is 0 Å². The summed E-state index contributed by atoms with van der Waals surface area (Å²) in [6.07, 6.45) is 0. The van der Waals surface area contributed by atoms with Crippen molar-refractivity contribution in [3.05, 3.63) is 41.1 Å². The third-order valence-corrected chi connectivity index (χ3v) is 3.35. The van der Waals surface area contributed by atoms with E-state index in [1.807, 2.05) is 13.0 Å². The van der Waals surface area contributed by atoms with Crippen molar-refractivity contribution in [1.29, 1.82) is 0 Å². The molecular formula is C17H25N5. The largest absolute Gasteiger partial charge is 0.369 e. The molecule has 0 saturated heterocycles. The second-order valence-corrected chi connectivity index (χ2v) is 5.89. The van der Waals surface area contributed by atoms with Crippen molar-refractivity contribution in [2.24, 2.45) is 0 Å². The Morgan fingerprint density at radius 1 is 1.05 bits per heavy atom. The third kappa shape index (κ3) is 4.70. The van der Waals surface area contributed by atoms with Crippen LogP contribution < -0.4 is 10.6 Å². The molecule has 5 heteroatoms. The molecule has 0 bridgehead atoms. The SMILES string of the molecule is Cc1ccc(Nc2nc(C)cc(NCCN(C)C)n2)c(C)c1. The molecule has 1 aromatic heterocycles. The number of benzene rings is 1. The molecule has 0 radical (unpaired) electrons. The first-order valence-corrected chi connectivity index (χ1v) is 7.52. The Balaban J connectivity index is 2.12. The van der Waals surface area contributed by atoms with Crippen LogP contribution in [0.3, 0.4) is 0 Å². The van der Waals surface area contributed by atoms with Gasteiger partial charge in [-0.2, -0.15) is 4.98 Å². The second kappa shape index (κ2) is 7.22. The highest BCUT2D eigenvalue weighted by atomic mass is 15.2. The summed E-state index contributed by atoms with van der Waals surface area (Å²) in [5.74, 6) is 1.47. The van der Waals surface area contributed by atoms with Crippen LogP contribution in [0, 0.1) is 20.8 Å². The van der Waals surface area contributed by atoms with Crippen LogP contribution in [-0.4, -0.2) is 42.1 Å². The molecule has 5 nitrogen and oxygen atoms in total. The number of aromatic nitrogens is 2. The molecule has 2 aromatic rings. The Morgan fingerprint density at radius 2 is 1.82 bits per heavy atom. The van der Waals surface area contributed by atoms with Crippen LogP contribution in [0.5, 0.6) is 0 Å². The van der Waals surface area contributed by atoms with Crippen LogP contribution in [0.4, 0.5) is 17.5 Å². The van der Waals surface area contributed by atoms with Crippen molar-refractivity contribution in [3.63, 3.8) is 0 Å². The van der Waals surface area contributed by atoms with E-state index >= 15 is 0 Å². The molecule has 2 rings (SSSR count). The number of rotatable bonds is 6. The quantitative estimate of drug-likeness (QED) is 0.858. The zero-order valence-electron chi connectivity index (χ0n) is 14.1. The average molecular weight is 299 g/mol. The van der Waals surface area contributed by atoms with E-state index in [1.54, 1.807) is 0 Å². The summed E-state index contributed by atoms with van der Waals surface area (Å²) >= 11 is 0. The molecule has 0 amide bonds. The van der Waals surface area contributed by atoms with Crippen molar-refractivity contribution in [3.8, 4) is 0 Å². The number of anilines is 3. The predicted molar refractivity (Wildman–Crippen MR) is 93.0 cm³/mol. The lowest BCUT2D eigenvalue weighted by Crippen LogP contribution is -2.21. The summed E-state index contributed by atoms with van der Waals surface area (Å²) in [7, 11) is 4.11. The highest BCUT2D eigenvalue weighted by Gasteiger charge is 2.05. The zero-order valence-corrected chi connectivity index (χ0v) is 14.1. The predicted octanol–water partition coefficient (Wildman–Crippen LogP) is 3.12. The van der Waals surface area contributed by atoms with Crippen LogP contribution in [0.2, 0.25) is 0 Å². The van der Waals surface area contributed by atoms with Crippen LogP contribution in [0.25, 0.3) is 0 Å². The summed E-state index contributed by atoms with van der Waals surface area (Å²) in [6.45, 7) is 7.97. The van der Waals surface area contributed by atoms with Gasteiger partial charge in [0.1, 0.15) is 5.82 Å². The Kier molecular flexibility index (Phi) is 5.33. The van der Waals surface area contributed by atoms with E-state index in [-0.39, 0.29) is 0 Å². The first kappa shape index (κ1) is 16.2. The van der Waals surface area contributed by atoms with E-state index in [1.165, 1.54) is 11.1 Å². The van der Waals surface area contributed by atoms with Gasteiger partial charge >= 0.3 is 0 Å². The van der Waals surface area contributed by atoms with Gasteiger partial charge in [-0.1, -0.05) is 17.7 Å². The minimum absolute atomic E-state index is 0.624. The minimum Gasteiger partial charge on any atom is -0.369 e. The van der Waals surface area contributed by atoms with E-state index in [2.05, 4.69) is 71.6 Å². The number of hydrogen-bond acceptors (Lipinski definition) is 5.